The summed E-state index contributed by atoms with van der Waals surface area (Å²) >= 11 is 0. The number of carbonyl (C=O) groups excluding carboxylic acids is 3. The number of ether oxygens (including phenoxy) is 1. The Balaban J connectivity index is 1.49. The maximum absolute atomic E-state index is 13.1. The van der Waals surface area contributed by atoms with Gasteiger partial charge in [0.05, 0.1) is 17.0 Å². The molecule has 11 heteroatoms. The van der Waals surface area contributed by atoms with Crippen LogP contribution in [0.5, 0.6) is 5.75 Å². The van der Waals surface area contributed by atoms with Gasteiger partial charge in [0.1, 0.15) is 18.1 Å². The molecule has 1 heterocycles. The summed E-state index contributed by atoms with van der Waals surface area (Å²) in [4.78, 5) is 47.8. The summed E-state index contributed by atoms with van der Waals surface area (Å²) < 4.78 is 18.4. The van der Waals surface area contributed by atoms with Crippen LogP contribution in [0, 0.1) is 15.9 Å². The van der Waals surface area contributed by atoms with E-state index < -0.39 is 22.6 Å². The van der Waals surface area contributed by atoms with Crippen molar-refractivity contribution in [2.75, 3.05) is 31.1 Å². The second kappa shape index (κ2) is 9.65. The Morgan fingerprint density at radius 2 is 1.87 bits per heavy atom. The van der Waals surface area contributed by atoms with Crippen LogP contribution >= 0.6 is 0 Å². The third-order valence-corrected chi connectivity index (χ3v) is 4.42. The van der Waals surface area contributed by atoms with Crippen molar-refractivity contribution >= 4 is 29.1 Å². The van der Waals surface area contributed by atoms with Gasteiger partial charge < -0.3 is 15.4 Å². The first-order valence-electron chi connectivity index (χ1n) is 9.33. The van der Waals surface area contributed by atoms with E-state index in [9.17, 15) is 28.9 Å². The molecule has 0 spiro atoms. The van der Waals surface area contributed by atoms with E-state index in [2.05, 4.69) is 10.6 Å². The normalized spacial score (nSPS) is 12.5. The van der Waals surface area contributed by atoms with Crippen LogP contribution in [-0.4, -0.2) is 48.9 Å². The number of nitrogens with zero attached hydrogens (tertiary/aromatic N) is 2. The highest BCUT2D eigenvalue weighted by molar-refractivity contribution is 6.02. The molecule has 2 aromatic rings. The van der Waals surface area contributed by atoms with Gasteiger partial charge in [-0.3, -0.25) is 29.4 Å². The van der Waals surface area contributed by atoms with Gasteiger partial charge in [-0.05, 0) is 23.8 Å². The number of nitrogens with one attached hydrogen (secondary N) is 2. The minimum absolute atomic E-state index is 0.00352. The van der Waals surface area contributed by atoms with Crippen molar-refractivity contribution in [1.29, 1.82) is 0 Å². The highest BCUT2D eigenvalue weighted by atomic mass is 19.1. The molecule has 0 unspecified atom stereocenters. The Hall–Kier alpha value is -4.02. The average molecular weight is 430 g/mol. The Morgan fingerprint density at radius 1 is 1.13 bits per heavy atom. The quantitative estimate of drug-likeness (QED) is 0.364. The molecule has 31 heavy (non-hydrogen) atoms. The molecule has 3 amide bonds. The molecule has 10 nitrogen and oxygen atoms in total. The molecule has 0 atom stereocenters. The molecule has 3 rings (SSSR count). The highest BCUT2D eigenvalue weighted by Crippen LogP contribution is 2.35. The molecular weight excluding hydrogens is 411 g/mol. The molecule has 0 bridgehead atoms. The summed E-state index contributed by atoms with van der Waals surface area (Å²) in [6.45, 7) is -0.394. The van der Waals surface area contributed by atoms with Crippen molar-refractivity contribution in [3.63, 3.8) is 0 Å². The lowest BCUT2D eigenvalue weighted by Crippen LogP contribution is -2.46. The first-order valence-corrected chi connectivity index (χ1v) is 9.33. The van der Waals surface area contributed by atoms with E-state index in [1.165, 1.54) is 36.4 Å². The number of hydrogen-bond donors (Lipinski definition) is 2. The molecular formula is C20H19FN4O6. The number of halogens is 1. The fraction of sp³-hybridized carbons (Fsp3) is 0.250. The van der Waals surface area contributed by atoms with Crippen LogP contribution < -0.4 is 20.3 Å². The van der Waals surface area contributed by atoms with Crippen LogP contribution in [0.1, 0.15) is 5.56 Å². The van der Waals surface area contributed by atoms with Crippen LogP contribution in [0.25, 0.3) is 0 Å². The molecule has 0 fully saturated rings. The smallest absolute Gasteiger partial charge is 0.271 e. The fourth-order valence-electron chi connectivity index (χ4n) is 2.98. The third kappa shape index (κ3) is 5.75. The summed E-state index contributed by atoms with van der Waals surface area (Å²) in [5, 5.41) is 16.2. The number of non-ortho nitro benzene ring substituents is 1. The molecule has 2 aromatic carbocycles. The molecule has 162 valence electrons. The van der Waals surface area contributed by atoms with E-state index in [1.807, 2.05) is 0 Å². The van der Waals surface area contributed by atoms with Crippen LogP contribution in [0.3, 0.4) is 0 Å². The van der Waals surface area contributed by atoms with E-state index >= 15 is 0 Å². The minimum atomic E-state index is -0.607. The Bertz CT molecular complexity index is 1030. The molecule has 0 aromatic heterocycles. The number of hydrogen-bond acceptors (Lipinski definition) is 6. The zero-order chi connectivity index (χ0) is 22.4. The summed E-state index contributed by atoms with van der Waals surface area (Å²) in [6, 6.07) is 9.49. The van der Waals surface area contributed by atoms with Gasteiger partial charge in [-0.15, -0.1) is 0 Å². The van der Waals surface area contributed by atoms with Gasteiger partial charge in [0.2, 0.25) is 11.8 Å². The molecule has 0 radical (unpaired) electrons. The molecule has 1 aliphatic rings. The monoisotopic (exact) mass is 430 g/mol. The van der Waals surface area contributed by atoms with Gasteiger partial charge in [-0.1, -0.05) is 12.1 Å². The van der Waals surface area contributed by atoms with Gasteiger partial charge >= 0.3 is 0 Å². The molecule has 0 saturated carbocycles. The number of anilines is 1. The third-order valence-electron chi connectivity index (χ3n) is 4.42. The predicted octanol–water partition coefficient (Wildman–Crippen LogP) is 0.934. The van der Waals surface area contributed by atoms with Crippen molar-refractivity contribution in [3.8, 4) is 5.75 Å². The molecule has 2 N–H and O–H groups in total. The number of fused-ring (bicyclic) bond motifs is 1. The standard InChI is InChI=1S/C20H19FN4O6/c21-14-3-1-2-13(8-14)9-18(26)22-6-7-23-19(27)11-24-16-10-15(25(29)30)4-5-17(16)31-12-20(24)28/h1-5,8,10H,6-7,9,11-12H2,(H,22,26)(H,23,27). The topological polar surface area (TPSA) is 131 Å². The lowest BCUT2D eigenvalue weighted by molar-refractivity contribution is -0.384. The number of carbonyl (C=O) groups is 3. The van der Waals surface area contributed by atoms with Crippen molar-refractivity contribution in [3.05, 3.63) is 64.0 Å². The molecule has 0 saturated heterocycles. The second-order valence-corrected chi connectivity index (χ2v) is 6.68. The Kier molecular flexibility index (Phi) is 6.75. The number of benzene rings is 2. The Labute approximate surface area is 176 Å². The number of nitro groups is 1. The Morgan fingerprint density at radius 3 is 2.58 bits per heavy atom. The van der Waals surface area contributed by atoms with E-state index in [0.29, 0.717) is 5.56 Å². The number of nitro benzene ring substituents is 1. The van der Waals surface area contributed by atoms with Crippen molar-refractivity contribution in [1.82, 2.24) is 10.6 Å². The van der Waals surface area contributed by atoms with Crippen molar-refractivity contribution in [2.45, 2.75) is 6.42 Å². The van der Waals surface area contributed by atoms with E-state index in [1.54, 1.807) is 6.07 Å². The zero-order valence-electron chi connectivity index (χ0n) is 16.3. The van der Waals surface area contributed by atoms with E-state index in [-0.39, 0.29) is 55.7 Å². The first kappa shape index (κ1) is 21.7. The zero-order valence-corrected chi connectivity index (χ0v) is 16.3. The summed E-state index contributed by atoms with van der Waals surface area (Å²) in [5.74, 6) is -1.51. The van der Waals surface area contributed by atoms with E-state index in [0.717, 1.165) is 4.90 Å². The summed E-state index contributed by atoms with van der Waals surface area (Å²) in [6.07, 6.45) is 0.00352. The largest absolute Gasteiger partial charge is 0.482 e. The van der Waals surface area contributed by atoms with Gasteiger partial charge in [0, 0.05) is 25.2 Å². The SMILES string of the molecule is O=C(Cc1cccc(F)c1)NCCNC(=O)CN1C(=O)COc2ccc([N+](=O)[O-])cc21. The maximum atomic E-state index is 13.1. The summed E-state index contributed by atoms with van der Waals surface area (Å²) in [7, 11) is 0. The van der Waals surface area contributed by atoms with Crippen LogP contribution in [0.15, 0.2) is 42.5 Å². The van der Waals surface area contributed by atoms with Crippen molar-refractivity contribution in [2.24, 2.45) is 0 Å². The van der Waals surface area contributed by atoms with Crippen LogP contribution in [0.4, 0.5) is 15.8 Å². The second-order valence-electron chi connectivity index (χ2n) is 6.68. The number of amides is 3. The van der Waals surface area contributed by atoms with Gasteiger partial charge in [0.15, 0.2) is 6.61 Å². The van der Waals surface area contributed by atoms with Gasteiger partial charge in [-0.2, -0.15) is 0 Å². The van der Waals surface area contributed by atoms with Crippen LogP contribution in [-0.2, 0) is 20.8 Å². The summed E-state index contributed by atoms with van der Waals surface area (Å²) in [5.41, 5.74) is 0.438. The first-order chi connectivity index (χ1) is 14.8. The molecule has 0 aliphatic carbocycles. The predicted molar refractivity (Wildman–Crippen MR) is 107 cm³/mol. The fourth-order valence-corrected chi connectivity index (χ4v) is 2.98. The van der Waals surface area contributed by atoms with Gasteiger partial charge in [0.25, 0.3) is 11.6 Å². The van der Waals surface area contributed by atoms with Gasteiger partial charge in [-0.25, -0.2) is 4.39 Å². The molecule has 1 aliphatic heterocycles. The average Bonchev–Trinajstić information content (AvgIpc) is 2.73. The highest BCUT2D eigenvalue weighted by Gasteiger charge is 2.29. The van der Waals surface area contributed by atoms with Crippen molar-refractivity contribution < 1.29 is 28.4 Å². The maximum Gasteiger partial charge on any atom is 0.271 e. The lowest BCUT2D eigenvalue weighted by atomic mass is 10.1. The number of rotatable bonds is 8. The lowest BCUT2D eigenvalue weighted by Gasteiger charge is -2.28. The van der Waals surface area contributed by atoms with Crippen LogP contribution in [0.2, 0.25) is 0 Å². The van der Waals surface area contributed by atoms with E-state index in [4.69, 9.17) is 4.74 Å². The minimum Gasteiger partial charge on any atom is -0.482 e.